The molecule has 2 aromatic heterocycles. The van der Waals surface area contributed by atoms with Crippen LogP contribution in [0.5, 0.6) is 5.75 Å². The van der Waals surface area contributed by atoms with E-state index in [2.05, 4.69) is 25.9 Å². The Hall–Kier alpha value is -1.46. The van der Waals surface area contributed by atoms with Gasteiger partial charge in [0.15, 0.2) is 6.10 Å². The lowest BCUT2D eigenvalue weighted by molar-refractivity contribution is 0.175. The highest BCUT2D eigenvalue weighted by atomic mass is 79.9. The SMILES string of the molecule is CC(N)C(Oc1cncc(Br)c1)c1ccccn1. The lowest BCUT2D eigenvalue weighted by atomic mass is 10.1. The van der Waals surface area contributed by atoms with Gasteiger partial charge in [0.2, 0.25) is 0 Å². The molecule has 0 aliphatic heterocycles. The average Bonchev–Trinajstić information content (AvgIpc) is 2.37. The van der Waals surface area contributed by atoms with Crippen molar-refractivity contribution in [2.24, 2.45) is 5.73 Å². The summed E-state index contributed by atoms with van der Waals surface area (Å²) in [7, 11) is 0. The topological polar surface area (TPSA) is 61.0 Å². The molecule has 0 saturated heterocycles. The Morgan fingerprint density at radius 2 is 2.17 bits per heavy atom. The number of hydrogen-bond acceptors (Lipinski definition) is 4. The van der Waals surface area contributed by atoms with E-state index in [1.165, 1.54) is 0 Å². The van der Waals surface area contributed by atoms with Gasteiger partial charge in [-0.05, 0) is 41.1 Å². The van der Waals surface area contributed by atoms with Gasteiger partial charge in [-0.1, -0.05) is 6.07 Å². The fourth-order valence-electron chi connectivity index (χ4n) is 1.58. The van der Waals surface area contributed by atoms with Crippen molar-refractivity contribution >= 4 is 15.9 Å². The molecule has 0 aromatic carbocycles. The van der Waals surface area contributed by atoms with Crippen LogP contribution in [-0.4, -0.2) is 16.0 Å². The number of nitrogens with two attached hydrogens (primary N) is 1. The number of pyridine rings is 2. The van der Waals surface area contributed by atoms with Crippen molar-refractivity contribution in [1.29, 1.82) is 0 Å². The second kappa shape index (κ2) is 5.93. The van der Waals surface area contributed by atoms with Crippen LogP contribution in [0.15, 0.2) is 47.3 Å². The molecule has 2 atom stereocenters. The van der Waals surface area contributed by atoms with Crippen LogP contribution in [0.4, 0.5) is 0 Å². The van der Waals surface area contributed by atoms with Gasteiger partial charge in [-0.2, -0.15) is 0 Å². The highest BCUT2D eigenvalue weighted by Crippen LogP contribution is 2.24. The summed E-state index contributed by atoms with van der Waals surface area (Å²) in [6.45, 7) is 1.89. The van der Waals surface area contributed by atoms with Crippen molar-refractivity contribution in [3.63, 3.8) is 0 Å². The molecule has 2 heterocycles. The summed E-state index contributed by atoms with van der Waals surface area (Å²) in [5.74, 6) is 0.664. The predicted molar refractivity (Wildman–Crippen MR) is 73.2 cm³/mol. The quantitative estimate of drug-likeness (QED) is 0.943. The summed E-state index contributed by atoms with van der Waals surface area (Å²) in [5, 5.41) is 0. The number of nitrogens with zero attached hydrogens (tertiary/aromatic N) is 2. The van der Waals surface area contributed by atoms with Crippen molar-refractivity contribution in [3.8, 4) is 5.75 Å². The number of ether oxygens (including phenoxy) is 1. The molecular weight excluding hydrogens is 294 g/mol. The van der Waals surface area contributed by atoms with Gasteiger partial charge in [0.25, 0.3) is 0 Å². The molecule has 2 N–H and O–H groups in total. The Kier molecular flexibility index (Phi) is 4.28. The van der Waals surface area contributed by atoms with E-state index in [4.69, 9.17) is 10.5 Å². The first kappa shape index (κ1) is 13.0. The number of aromatic nitrogens is 2. The third-order valence-corrected chi connectivity index (χ3v) is 2.83. The van der Waals surface area contributed by atoms with Crippen molar-refractivity contribution in [2.75, 3.05) is 0 Å². The van der Waals surface area contributed by atoms with E-state index < -0.39 is 0 Å². The molecule has 0 saturated carbocycles. The maximum Gasteiger partial charge on any atom is 0.155 e. The van der Waals surface area contributed by atoms with Crippen molar-refractivity contribution in [2.45, 2.75) is 19.1 Å². The molecule has 4 nitrogen and oxygen atoms in total. The molecule has 0 fully saturated rings. The average molecular weight is 308 g/mol. The minimum atomic E-state index is -0.290. The Morgan fingerprint density at radius 3 is 2.78 bits per heavy atom. The first-order valence-electron chi connectivity index (χ1n) is 5.60. The van der Waals surface area contributed by atoms with E-state index in [1.54, 1.807) is 18.6 Å². The van der Waals surface area contributed by atoms with Crippen LogP contribution in [0.2, 0.25) is 0 Å². The Morgan fingerprint density at radius 1 is 1.33 bits per heavy atom. The normalized spacial score (nSPS) is 13.9. The van der Waals surface area contributed by atoms with Crippen LogP contribution in [-0.2, 0) is 0 Å². The lowest BCUT2D eigenvalue weighted by Crippen LogP contribution is -2.29. The monoisotopic (exact) mass is 307 g/mol. The minimum absolute atomic E-state index is 0.168. The number of halogens is 1. The van der Waals surface area contributed by atoms with Gasteiger partial charge >= 0.3 is 0 Å². The fourth-order valence-corrected chi connectivity index (χ4v) is 1.93. The standard InChI is InChI=1S/C13H14BrN3O/c1-9(15)13(12-4-2-3-5-17-12)18-11-6-10(14)7-16-8-11/h2-9,13H,15H2,1H3. The van der Waals surface area contributed by atoms with Crippen molar-refractivity contribution in [1.82, 2.24) is 9.97 Å². The molecule has 0 aliphatic carbocycles. The van der Waals surface area contributed by atoms with Crippen LogP contribution < -0.4 is 10.5 Å². The summed E-state index contributed by atoms with van der Waals surface area (Å²) >= 11 is 3.36. The summed E-state index contributed by atoms with van der Waals surface area (Å²) in [5.41, 5.74) is 6.77. The van der Waals surface area contributed by atoms with E-state index >= 15 is 0 Å². The molecule has 5 heteroatoms. The third kappa shape index (κ3) is 3.27. The number of hydrogen-bond donors (Lipinski definition) is 1. The molecular formula is C13H14BrN3O. The summed E-state index contributed by atoms with van der Waals surface area (Å²) < 4.78 is 6.73. The zero-order valence-corrected chi connectivity index (χ0v) is 11.5. The highest BCUT2D eigenvalue weighted by Gasteiger charge is 2.19. The molecule has 2 rings (SSSR count). The van der Waals surface area contributed by atoms with E-state index in [1.807, 2.05) is 31.2 Å². The van der Waals surface area contributed by atoms with Gasteiger partial charge in [-0.25, -0.2) is 0 Å². The van der Waals surface area contributed by atoms with Gasteiger partial charge in [-0.15, -0.1) is 0 Å². The Labute approximate surface area is 114 Å². The third-order valence-electron chi connectivity index (χ3n) is 2.40. The zero-order chi connectivity index (χ0) is 13.0. The molecule has 2 aromatic rings. The second-order valence-electron chi connectivity index (χ2n) is 3.99. The first-order chi connectivity index (χ1) is 8.66. The van der Waals surface area contributed by atoms with Crippen LogP contribution in [0.1, 0.15) is 18.7 Å². The smallest absolute Gasteiger partial charge is 0.155 e. The van der Waals surface area contributed by atoms with Crippen molar-refractivity contribution in [3.05, 3.63) is 53.0 Å². The van der Waals surface area contributed by atoms with Gasteiger partial charge in [0.1, 0.15) is 5.75 Å². The maximum atomic E-state index is 5.96. The van der Waals surface area contributed by atoms with Gasteiger partial charge < -0.3 is 10.5 Å². The minimum Gasteiger partial charge on any atom is -0.481 e. The van der Waals surface area contributed by atoms with E-state index in [9.17, 15) is 0 Å². The molecule has 0 amide bonds. The van der Waals surface area contributed by atoms with E-state index in [0.29, 0.717) is 5.75 Å². The van der Waals surface area contributed by atoms with Crippen LogP contribution >= 0.6 is 15.9 Å². The largest absolute Gasteiger partial charge is 0.481 e. The van der Waals surface area contributed by atoms with Crippen LogP contribution in [0.25, 0.3) is 0 Å². The van der Waals surface area contributed by atoms with E-state index in [0.717, 1.165) is 10.2 Å². The first-order valence-corrected chi connectivity index (χ1v) is 6.40. The summed E-state index contributed by atoms with van der Waals surface area (Å²) in [6, 6.07) is 7.37. The zero-order valence-electron chi connectivity index (χ0n) is 9.95. The highest BCUT2D eigenvalue weighted by molar-refractivity contribution is 9.10. The summed E-state index contributed by atoms with van der Waals surface area (Å²) in [4.78, 5) is 8.34. The van der Waals surface area contributed by atoms with Crippen molar-refractivity contribution < 1.29 is 4.74 Å². The predicted octanol–water partition coefficient (Wildman–Crippen LogP) is 2.71. The lowest BCUT2D eigenvalue weighted by Gasteiger charge is -2.21. The Bertz CT molecular complexity index is 505. The molecule has 94 valence electrons. The molecule has 0 spiro atoms. The maximum absolute atomic E-state index is 5.96. The fraction of sp³-hybridized carbons (Fsp3) is 0.231. The molecule has 0 aliphatic rings. The van der Waals surface area contributed by atoms with Gasteiger partial charge in [0.05, 0.1) is 11.9 Å². The summed E-state index contributed by atoms with van der Waals surface area (Å²) in [6.07, 6.45) is 4.80. The Balaban J connectivity index is 2.22. The van der Waals surface area contributed by atoms with Crippen LogP contribution in [0.3, 0.4) is 0 Å². The van der Waals surface area contributed by atoms with Gasteiger partial charge in [0, 0.05) is 22.9 Å². The molecule has 0 radical (unpaired) electrons. The number of rotatable bonds is 4. The molecule has 0 bridgehead atoms. The van der Waals surface area contributed by atoms with E-state index in [-0.39, 0.29) is 12.1 Å². The molecule has 2 unspecified atom stereocenters. The van der Waals surface area contributed by atoms with Gasteiger partial charge in [-0.3, -0.25) is 9.97 Å². The van der Waals surface area contributed by atoms with Crippen LogP contribution in [0, 0.1) is 0 Å². The second-order valence-corrected chi connectivity index (χ2v) is 4.91. The molecule has 18 heavy (non-hydrogen) atoms.